The third-order valence-electron chi connectivity index (χ3n) is 2.61. The summed E-state index contributed by atoms with van der Waals surface area (Å²) in [6, 6.07) is 0. The van der Waals surface area contributed by atoms with E-state index >= 15 is 0 Å². The lowest BCUT2D eigenvalue weighted by Crippen LogP contribution is -2.27. The van der Waals surface area contributed by atoms with Crippen LogP contribution in [0.5, 0.6) is 0 Å². The molecule has 1 aliphatic rings. The van der Waals surface area contributed by atoms with E-state index in [0.29, 0.717) is 12.7 Å². The first kappa shape index (κ1) is 10.6. The average Bonchev–Trinajstić information content (AvgIpc) is 2.48. The Kier molecular flexibility index (Phi) is 3.82. The summed E-state index contributed by atoms with van der Waals surface area (Å²) in [6.45, 7) is 2.03. The molecule has 0 amide bonds. The van der Waals surface area contributed by atoms with Gasteiger partial charge >= 0.3 is 5.97 Å². The van der Waals surface area contributed by atoms with E-state index in [4.69, 9.17) is 12.6 Å². The van der Waals surface area contributed by atoms with Crippen LogP contribution in [0.25, 0.3) is 0 Å². The zero-order valence-corrected chi connectivity index (χ0v) is 8.34. The standard InChI is InChI=1S/C10H17BO2/c1-10(6-2-3-7-10)13-9(12)5-4-8-11/h2-8H2,1H3. The Hall–Kier alpha value is -0.465. The number of hydrogen-bond donors (Lipinski definition) is 0. The molecule has 1 aliphatic carbocycles. The molecular formula is C10H17BO2. The van der Waals surface area contributed by atoms with E-state index in [1.165, 1.54) is 12.8 Å². The third kappa shape index (κ3) is 3.41. The van der Waals surface area contributed by atoms with Crippen LogP contribution >= 0.6 is 0 Å². The van der Waals surface area contributed by atoms with E-state index in [1.54, 1.807) is 0 Å². The van der Waals surface area contributed by atoms with Gasteiger partial charge in [-0.3, -0.25) is 4.79 Å². The molecule has 0 heterocycles. The molecular weight excluding hydrogens is 163 g/mol. The van der Waals surface area contributed by atoms with E-state index < -0.39 is 0 Å². The molecule has 1 saturated carbocycles. The van der Waals surface area contributed by atoms with E-state index in [1.807, 2.05) is 6.92 Å². The van der Waals surface area contributed by atoms with Crippen LogP contribution in [0.2, 0.25) is 6.32 Å². The first-order chi connectivity index (χ1) is 6.16. The van der Waals surface area contributed by atoms with Gasteiger partial charge in [0.2, 0.25) is 0 Å². The fourth-order valence-corrected chi connectivity index (χ4v) is 1.80. The number of carbonyl (C=O) groups excluding carboxylic acids is 1. The zero-order valence-electron chi connectivity index (χ0n) is 8.34. The van der Waals surface area contributed by atoms with Crippen LogP contribution in [0.1, 0.15) is 45.4 Å². The molecule has 0 aromatic carbocycles. The average molecular weight is 180 g/mol. The normalized spacial score (nSPS) is 20.1. The molecule has 0 aromatic rings. The maximum atomic E-state index is 11.3. The zero-order chi connectivity index (χ0) is 9.73. The second-order valence-electron chi connectivity index (χ2n) is 4.02. The largest absolute Gasteiger partial charge is 0.459 e. The number of esters is 1. The van der Waals surface area contributed by atoms with Crippen LogP contribution < -0.4 is 0 Å². The van der Waals surface area contributed by atoms with Crippen LogP contribution in [0.4, 0.5) is 0 Å². The quantitative estimate of drug-likeness (QED) is 0.489. The monoisotopic (exact) mass is 180 g/mol. The van der Waals surface area contributed by atoms with Gasteiger partial charge < -0.3 is 4.74 Å². The van der Waals surface area contributed by atoms with Crippen molar-refractivity contribution in [2.45, 2.75) is 57.4 Å². The first-order valence-electron chi connectivity index (χ1n) is 5.08. The Bertz CT molecular complexity index is 174. The lowest BCUT2D eigenvalue weighted by atomic mass is 10.0. The van der Waals surface area contributed by atoms with Gasteiger partial charge in [0, 0.05) is 6.42 Å². The summed E-state index contributed by atoms with van der Waals surface area (Å²) in [5.74, 6) is -0.0881. The predicted molar refractivity (Wildman–Crippen MR) is 52.8 cm³/mol. The molecule has 0 spiro atoms. The Morgan fingerprint density at radius 3 is 2.62 bits per heavy atom. The van der Waals surface area contributed by atoms with Crippen molar-refractivity contribution >= 4 is 13.8 Å². The number of hydrogen-bond acceptors (Lipinski definition) is 2. The Morgan fingerprint density at radius 2 is 2.08 bits per heavy atom. The highest BCUT2D eigenvalue weighted by Gasteiger charge is 2.32. The van der Waals surface area contributed by atoms with E-state index in [-0.39, 0.29) is 11.6 Å². The fraction of sp³-hybridized carbons (Fsp3) is 0.900. The van der Waals surface area contributed by atoms with E-state index in [0.717, 1.165) is 19.3 Å². The van der Waals surface area contributed by atoms with Crippen LogP contribution in [-0.2, 0) is 9.53 Å². The summed E-state index contributed by atoms with van der Waals surface area (Å²) in [5.41, 5.74) is -0.175. The summed E-state index contributed by atoms with van der Waals surface area (Å²) in [4.78, 5) is 11.3. The molecule has 0 saturated heterocycles. The van der Waals surface area contributed by atoms with Crippen molar-refractivity contribution in [3.05, 3.63) is 0 Å². The predicted octanol–water partition coefficient (Wildman–Crippen LogP) is 2.23. The number of carbonyl (C=O) groups is 1. The first-order valence-corrected chi connectivity index (χ1v) is 5.08. The SMILES string of the molecule is [B]CCCC(=O)OC1(C)CCCC1. The second kappa shape index (κ2) is 4.68. The van der Waals surface area contributed by atoms with Gasteiger partial charge in [0.05, 0.1) is 7.85 Å². The van der Waals surface area contributed by atoms with Gasteiger partial charge in [-0.15, -0.1) is 0 Å². The molecule has 0 unspecified atom stereocenters. The highest BCUT2D eigenvalue weighted by molar-refractivity contribution is 6.08. The van der Waals surface area contributed by atoms with Crippen LogP contribution in [-0.4, -0.2) is 19.4 Å². The minimum absolute atomic E-state index is 0.0881. The smallest absolute Gasteiger partial charge is 0.306 e. The highest BCUT2D eigenvalue weighted by Crippen LogP contribution is 2.32. The van der Waals surface area contributed by atoms with Crippen molar-refractivity contribution in [2.24, 2.45) is 0 Å². The summed E-state index contributed by atoms with van der Waals surface area (Å²) >= 11 is 0. The van der Waals surface area contributed by atoms with Crippen molar-refractivity contribution in [3.8, 4) is 0 Å². The Balaban J connectivity index is 2.26. The summed E-state index contributed by atoms with van der Waals surface area (Å²) in [7, 11) is 5.31. The molecule has 72 valence electrons. The minimum atomic E-state index is -0.175. The Labute approximate surface area is 81.4 Å². The van der Waals surface area contributed by atoms with Gasteiger partial charge in [-0.25, -0.2) is 0 Å². The summed E-state index contributed by atoms with van der Waals surface area (Å²) < 4.78 is 5.41. The Morgan fingerprint density at radius 1 is 1.46 bits per heavy atom. The van der Waals surface area contributed by atoms with Gasteiger partial charge in [-0.2, -0.15) is 0 Å². The second-order valence-corrected chi connectivity index (χ2v) is 4.02. The number of rotatable bonds is 4. The van der Waals surface area contributed by atoms with Crippen molar-refractivity contribution in [1.82, 2.24) is 0 Å². The van der Waals surface area contributed by atoms with Gasteiger partial charge in [-0.1, -0.05) is 12.7 Å². The van der Waals surface area contributed by atoms with Gasteiger partial charge in [0.15, 0.2) is 0 Å². The molecule has 13 heavy (non-hydrogen) atoms. The van der Waals surface area contributed by atoms with Gasteiger partial charge in [0.1, 0.15) is 5.60 Å². The molecule has 1 rings (SSSR count). The number of ether oxygens (including phenoxy) is 1. The molecule has 0 bridgehead atoms. The molecule has 0 atom stereocenters. The fourth-order valence-electron chi connectivity index (χ4n) is 1.80. The van der Waals surface area contributed by atoms with Crippen molar-refractivity contribution in [3.63, 3.8) is 0 Å². The van der Waals surface area contributed by atoms with Crippen molar-refractivity contribution < 1.29 is 9.53 Å². The molecule has 2 nitrogen and oxygen atoms in total. The maximum absolute atomic E-state index is 11.3. The molecule has 1 fully saturated rings. The molecule has 3 heteroatoms. The van der Waals surface area contributed by atoms with Crippen LogP contribution in [0.3, 0.4) is 0 Å². The van der Waals surface area contributed by atoms with E-state index in [9.17, 15) is 4.79 Å². The molecule has 0 N–H and O–H groups in total. The lowest BCUT2D eigenvalue weighted by Gasteiger charge is -2.23. The molecule has 2 radical (unpaired) electrons. The summed E-state index contributed by atoms with van der Waals surface area (Å²) in [5, 5.41) is 0. The van der Waals surface area contributed by atoms with E-state index in [2.05, 4.69) is 0 Å². The lowest BCUT2D eigenvalue weighted by molar-refractivity contribution is -0.157. The topological polar surface area (TPSA) is 26.3 Å². The highest BCUT2D eigenvalue weighted by atomic mass is 16.6. The summed E-state index contributed by atoms with van der Waals surface area (Å²) in [6.07, 6.45) is 6.15. The van der Waals surface area contributed by atoms with Gasteiger partial charge in [0.25, 0.3) is 0 Å². The van der Waals surface area contributed by atoms with Crippen LogP contribution in [0.15, 0.2) is 0 Å². The maximum Gasteiger partial charge on any atom is 0.306 e. The van der Waals surface area contributed by atoms with Crippen molar-refractivity contribution in [2.75, 3.05) is 0 Å². The van der Waals surface area contributed by atoms with Gasteiger partial charge in [-0.05, 0) is 32.6 Å². The van der Waals surface area contributed by atoms with Crippen molar-refractivity contribution in [1.29, 1.82) is 0 Å². The molecule has 0 aromatic heterocycles. The van der Waals surface area contributed by atoms with Crippen LogP contribution in [0, 0.1) is 0 Å². The third-order valence-corrected chi connectivity index (χ3v) is 2.61. The molecule has 0 aliphatic heterocycles. The minimum Gasteiger partial charge on any atom is -0.459 e.